The van der Waals surface area contributed by atoms with Gasteiger partial charge in [-0.1, -0.05) is 0 Å². The van der Waals surface area contributed by atoms with Crippen LogP contribution < -0.4 is 0 Å². The summed E-state index contributed by atoms with van der Waals surface area (Å²) >= 11 is 0. The van der Waals surface area contributed by atoms with Gasteiger partial charge in [0.2, 0.25) is 0 Å². The molecule has 0 spiro atoms. The summed E-state index contributed by atoms with van der Waals surface area (Å²) in [5.41, 5.74) is -2.99. The predicted octanol–water partition coefficient (Wildman–Crippen LogP) is 1.76. The number of carbonyl (C=O) groups is 1. The molecule has 0 unspecified atom stereocenters. The summed E-state index contributed by atoms with van der Waals surface area (Å²) in [6.07, 6.45) is -5.49. The number of halogens is 5. The highest BCUT2D eigenvalue weighted by Gasteiger charge is 2.61. The number of hydrogen-bond donors (Lipinski definition) is 2. The second kappa shape index (κ2) is 3.17. The van der Waals surface area contributed by atoms with Crippen LogP contribution in [0.1, 0.15) is 16.1 Å². The summed E-state index contributed by atoms with van der Waals surface area (Å²) in [4.78, 5) is 10.3. The summed E-state index contributed by atoms with van der Waals surface area (Å²) in [7, 11) is 0. The number of aromatic nitrogens is 2. The maximum absolute atomic E-state index is 12.7. The molecule has 0 saturated carbocycles. The molecule has 1 aromatic rings. The molecule has 0 amide bonds. The van der Waals surface area contributed by atoms with Crippen molar-refractivity contribution in [1.29, 1.82) is 0 Å². The first kappa shape index (κ1) is 11.4. The normalized spacial score (nSPS) is 12.9. The number of H-pyrrole nitrogens is 1. The van der Waals surface area contributed by atoms with Gasteiger partial charge in [-0.3, -0.25) is 5.10 Å². The number of nitrogens with zero attached hydrogens (tertiary/aromatic N) is 1. The third kappa shape index (κ3) is 1.76. The van der Waals surface area contributed by atoms with Crippen LogP contribution in [0.5, 0.6) is 0 Å². The Morgan fingerprint density at radius 2 is 1.87 bits per heavy atom. The Morgan fingerprint density at radius 1 is 1.33 bits per heavy atom. The monoisotopic (exact) mass is 230 g/mol. The highest BCUT2D eigenvalue weighted by molar-refractivity contribution is 5.88. The Hall–Kier alpha value is -1.67. The first-order valence-corrected chi connectivity index (χ1v) is 3.39. The van der Waals surface area contributed by atoms with E-state index in [1.807, 2.05) is 0 Å². The van der Waals surface area contributed by atoms with Crippen molar-refractivity contribution in [2.45, 2.75) is 12.1 Å². The fraction of sp³-hybridized carbons (Fsp3) is 0.333. The smallest absolute Gasteiger partial charge is 0.459 e. The minimum absolute atomic E-state index is 0.386. The van der Waals surface area contributed by atoms with E-state index >= 15 is 0 Å². The zero-order valence-corrected chi connectivity index (χ0v) is 6.77. The molecule has 9 heteroatoms. The van der Waals surface area contributed by atoms with Gasteiger partial charge in [-0.2, -0.15) is 27.1 Å². The fourth-order valence-corrected chi connectivity index (χ4v) is 0.829. The Labute approximate surface area is 78.7 Å². The van der Waals surface area contributed by atoms with E-state index in [0.29, 0.717) is 6.20 Å². The molecule has 0 bridgehead atoms. The van der Waals surface area contributed by atoms with Crippen LogP contribution >= 0.6 is 0 Å². The predicted molar refractivity (Wildman–Crippen MR) is 35.5 cm³/mol. The lowest BCUT2D eigenvalue weighted by Gasteiger charge is -2.18. The first-order valence-electron chi connectivity index (χ1n) is 3.39. The number of hydrogen-bond acceptors (Lipinski definition) is 2. The molecule has 0 aliphatic rings. The van der Waals surface area contributed by atoms with E-state index in [2.05, 4.69) is 5.10 Å². The summed E-state index contributed by atoms with van der Waals surface area (Å²) in [6, 6.07) is 0. The van der Waals surface area contributed by atoms with Crippen LogP contribution in [-0.4, -0.2) is 27.4 Å². The van der Waals surface area contributed by atoms with Crippen LogP contribution in [0, 0.1) is 0 Å². The Balaban J connectivity index is 3.27. The molecule has 2 N–H and O–H groups in total. The van der Waals surface area contributed by atoms with Crippen molar-refractivity contribution in [2.24, 2.45) is 0 Å². The molecule has 84 valence electrons. The molecule has 0 atom stereocenters. The van der Waals surface area contributed by atoms with Gasteiger partial charge >= 0.3 is 18.1 Å². The van der Waals surface area contributed by atoms with Crippen LogP contribution in [0.2, 0.25) is 0 Å². The highest BCUT2D eigenvalue weighted by atomic mass is 19.4. The molecule has 0 fully saturated rings. The molecular formula is C6H3F5N2O2. The number of carboxylic acids is 1. The van der Waals surface area contributed by atoms with Crippen molar-refractivity contribution in [3.8, 4) is 0 Å². The van der Waals surface area contributed by atoms with Crippen molar-refractivity contribution in [2.75, 3.05) is 0 Å². The van der Waals surface area contributed by atoms with Gasteiger partial charge in [-0.25, -0.2) is 4.79 Å². The van der Waals surface area contributed by atoms with Crippen molar-refractivity contribution in [3.63, 3.8) is 0 Å². The second-order valence-corrected chi connectivity index (χ2v) is 2.54. The number of aromatic amines is 1. The standard InChI is InChI=1S/C6H3F5N2O2/c7-5(8,6(9,10)11)3-2(4(14)15)1-12-13-3/h1H,(H,12,13)(H,14,15). The maximum atomic E-state index is 12.7. The van der Waals surface area contributed by atoms with E-state index in [1.165, 1.54) is 5.10 Å². The zero-order valence-electron chi connectivity index (χ0n) is 6.77. The molecule has 0 saturated heterocycles. The van der Waals surface area contributed by atoms with Gasteiger partial charge in [0.1, 0.15) is 11.3 Å². The first-order chi connectivity index (χ1) is 6.68. The van der Waals surface area contributed by atoms with E-state index in [-0.39, 0.29) is 0 Å². The highest BCUT2D eigenvalue weighted by Crippen LogP contribution is 2.43. The van der Waals surface area contributed by atoms with Crippen LogP contribution in [0.25, 0.3) is 0 Å². The molecule has 0 aliphatic carbocycles. The minimum Gasteiger partial charge on any atom is -0.478 e. The Bertz CT molecular complexity index is 383. The van der Waals surface area contributed by atoms with Gasteiger partial charge in [0.05, 0.1) is 6.20 Å². The maximum Gasteiger partial charge on any atom is 0.459 e. The number of alkyl halides is 5. The molecule has 4 nitrogen and oxygen atoms in total. The topological polar surface area (TPSA) is 66.0 Å². The number of carboxylic acid groups (broad SMARTS) is 1. The zero-order chi connectivity index (χ0) is 11.9. The molecule has 0 radical (unpaired) electrons. The van der Waals surface area contributed by atoms with Crippen LogP contribution in [-0.2, 0) is 5.92 Å². The van der Waals surface area contributed by atoms with Crippen LogP contribution in [0.3, 0.4) is 0 Å². The molecular weight excluding hydrogens is 227 g/mol. The van der Waals surface area contributed by atoms with E-state index in [9.17, 15) is 26.7 Å². The molecule has 0 aromatic carbocycles. The van der Waals surface area contributed by atoms with E-state index in [1.54, 1.807) is 0 Å². The number of nitrogens with one attached hydrogen (secondary N) is 1. The Morgan fingerprint density at radius 3 is 2.27 bits per heavy atom. The lowest BCUT2D eigenvalue weighted by molar-refractivity contribution is -0.291. The van der Waals surface area contributed by atoms with Crippen LogP contribution in [0.4, 0.5) is 22.0 Å². The third-order valence-corrected chi connectivity index (χ3v) is 1.54. The minimum atomic E-state index is -5.87. The fourth-order valence-electron chi connectivity index (χ4n) is 0.829. The Kier molecular flexibility index (Phi) is 2.41. The lowest BCUT2D eigenvalue weighted by Crippen LogP contribution is -2.35. The van der Waals surface area contributed by atoms with Crippen LogP contribution in [0.15, 0.2) is 6.20 Å². The van der Waals surface area contributed by atoms with Gasteiger partial charge in [0.25, 0.3) is 0 Å². The summed E-state index contributed by atoms with van der Waals surface area (Å²) in [5.74, 6) is -7.18. The van der Waals surface area contributed by atoms with Crippen molar-refractivity contribution >= 4 is 5.97 Å². The SMILES string of the molecule is O=C(O)c1cn[nH]c1C(F)(F)C(F)(F)F. The average Bonchev–Trinajstić information content (AvgIpc) is 2.48. The molecule has 0 aliphatic heterocycles. The molecule has 1 heterocycles. The van der Waals surface area contributed by atoms with Gasteiger partial charge < -0.3 is 5.11 Å². The van der Waals surface area contributed by atoms with E-state index < -0.39 is 29.3 Å². The molecule has 1 aromatic heterocycles. The van der Waals surface area contributed by atoms with Crippen molar-refractivity contribution < 1.29 is 31.9 Å². The van der Waals surface area contributed by atoms with E-state index in [0.717, 1.165) is 0 Å². The largest absolute Gasteiger partial charge is 0.478 e. The van der Waals surface area contributed by atoms with Gasteiger partial charge in [0, 0.05) is 0 Å². The second-order valence-electron chi connectivity index (χ2n) is 2.54. The third-order valence-electron chi connectivity index (χ3n) is 1.54. The molecule has 1 rings (SSSR count). The number of aromatic carboxylic acids is 1. The van der Waals surface area contributed by atoms with Gasteiger partial charge in [-0.15, -0.1) is 0 Å². The quantitative estimate of drug-likeness (QED) is 0.760. The average molecular weight is 230 g/mol. The van der Waals surface area contributed by atoms with Gasteiger partial charge in [0.15, 0.2) is 0 Å². The molecule has 15 heavy (non-hydrogen) atoms. The number of rotatable bonds is 2. The summed E-state index contributed by atoms with van der Waals surface area (Å²) < 4.78 is 60.9. The van der Waals surface area contributed by atoms with Gasteiger partial charge in [-0.05, 0) is 0 Å². The van der Waals surface area contributed by atoms with Crippen molar-refractivity contribution in [3.05, 3.63) is 17.5 Å². The summed E-state index contributed by atoms with van der Waals surface area (Å²) in [6.45, 7) is 0. The van der Waals surface area contributed by atoms with Crippen molar-refractivity contribution in [1.82, 2.24) is 10.2 Å². The summed E-state index contributed by atoms with van der Waals surface area (Å²) in [5, 5.41) is 12.5. The van der Waals surface area contributed by atoms with E-state index in [4.69, 9.17) is 5.11 Å². The lowest BCUT2D eigenvalue weighted by atomic mass is 10.1.